The predicted molar refractivity (Wildman–Crippen MR) is 87.9 cm³/mol. The number of aromatic nitrogens is 1. The van der Waals surface area contributed by atoms with Gasteiger partial charge < -0.3 is 9.84 Å². The fraction of sp³-hybridized carbons (Fsp3) is 0.438. The Morgan fingerprint density at radius 1 is 1.22 bits per heavy atom. The summed E-state index contributed by atoms with van der Waals surface area (Å²) >= 11 is 0. The summed E-state index contributed by atoms with van der Waals surface area (Å²) in [5, 5.41) is 7.07. The van der Waals surface area contributed by atoms with Crippen LogP contribution in [0.3, 0.4) is 0 Å². The molecule has 0 atom stereocenters. The minimum Gasteiger partial charge on any atom is -0.359 e. The van der Waals surface area contributed by atoms with Gasteiger partial charge in [-0.05, 0) is 36.2 Å². The average molecular weight is 335 g/mol. The van der Waals surface area contributed by atoms with Gasteiger partial charge in [0, 0.05) is 18.0 Å². The van der Waals surface area contributed by atoms with Crippen LogP contribution in [0.2, 0.25) is 0 Å². The van der Waals surface area contributed by atoms with Gasteiger partial charge in [0.1, 0.15) is 5.76 Å². The molecule has 0 saturated heterocycles. The lowest BCUT2D eigenvalue weighted by Gasteiger charge is -2.17. The summed E-state index contributed by atoms with van der Waals surface area (Å²) in [6, 6.07) is 6.85. The largest absolute Gasteiger partial charge is 0.359 e. The van der Waals surface area contributed by atoms with Crippen LogP contribution in [0.15, 0.2) is 33.7 Å². The first-order valence-electron chi connectivity index (χ1n) is 7.58. The van der Waals surface area contributed by atoms with Gasteiger partial charge in [-0.2, -0.15) is 0 Å². The lowest BCUT2D eigenvalue weighted by molar-refractivity contribution is 0.331. The van der Waals surface area contributed by atoms with E-state index >= 15 is 0 Å². The van der Waals surface area contributed by atoms with E-state index in [4.69, 9.17) is 4.52 Å². The van der Waals surface area contributed by atoms with Gasteiger partial charge in [-0.3, -0.25) is 4.72 Å². The zero-order chi connectivity index (χ0) is 16.7. The van der Waals surface area contributed by atoms with E-state index in [-0.39, 0.29) is 16.1 Å². The molecular weight excluding hydrogens is 314 g/mol. The van der Waals surface area contributed by atoms with Gasteiger partial charge in [0.2, 0.25) is 0 Å². The Morgan fingerprint density at radius 3 is 2.70 bits per heavy atom. The highest BCUT2D eigenvalue weighted by molar-refractivity contribution is 7.92. The normalized spacial score (nSPS) is 15.3. The second kappa shape index (κ2) is 5.65. The van der Waals surface area contributed by atoms with Crippen molar-refractivity contribution in [2.24, 2.45) is 0 Å². The highest BCUT2D eigenvalue weighted by Gasteiger charge is 2.23. The maximum atomic E-state index is 12.5. The number of nitrogens with zero attached hydrogens (tertiary/aromatic N) is 1. The standard InChI is InChI=1S/C16H21N3O3S/c1-16(2,3)14-9-15(18-22-14)19-23(20,21)13-5-4-12-10-17-7-6-11(12)8-13/h4-5,8-9,17H,6-7,10H2,1-3H3,(H,18,19). The van der Waals surface area contributed by atoms with E-state index in [0.717, 1.165) is 30.6 Å². The fourth-order valence-electron chi connectivity index (χ4n) is 2.49. The first-order valence-corrected chi connectivity index (χ1v) is 9.06. The number of sulfonamides is 1. The Bertz CT molecular complexity index is 819. The summed E-state index contributed by atoms with van der Waals surface area (Å²) in [5.41, 5.74) is 1.99. The van der Waals surface area contributed by atoms with Crippen LogP contribution in [0.25, 0.3) is 0 Å². The van der Waals surface area contributed by atoms with Gasteiger partial charge in [-0.25, -0.2) is 8.42 Å². The molecule has 0 fully saturated rings. The molecule has 1 aliphatic rings. The lowest BCUT2D eigenvalue weighted by atomic mass is 9.93. The van der Waals surface area contributed by atoms with Crippen LogP contribution >= 0.6 is 0 Å². The molecule has 2 aromatic rings. The molecule has 6 nitrogen and oxygen atoms in total. The third-order valence-corrected chi connectivity index (χ3v) is 5.22. The quantitative estimate of drug-likeness (QED) is 0.900. The molecule has 0 unspecified atom stereocenters. The summed E-state index contributed by atoms with van der Waals surface area (Å²) in [6.07, 6.45) is 0.830. The van der Waals surface area contributed by atoms with Crippen molar-refractivity contribution in [2.45, 2.75) is 44.0 Å². The Morgan fingerprint density at radius 2 is 2.00 bits per heavy atom. The van der Waals surface area contributed by atoms with Crippen LogP contribution in [0.1, 0.15) is 37.7 Å². The van der Waals surface area contributed by atoms with Crippen LogP contribution in [0.5, 0.6) is 0 Å². The molecule has 0 radical (unpaired) electrons. The van der Waals surface area contributed by atoms with E-state index in [2.05, 4.69) is 15.2 Å². The molecule has 2 N–H and O–H groups in total. The predicted octanol–water partition coefficient (Wildman–Crippen LogP) is 2.42. The molecule has 0 saturated carbocycles. The summed E-state index contributed by atoms with van der Waals surface area (Å²) < 4.78 is 32.8. The number of anilines is 1. The van der Waals surface area contributed by atoms with Gasteiger partial charge in [-0.15, -0.1) is 0 Å². The molecule has 124 valence electrons. The van der Waals surface area contributed by atoms with Crippen LogP contribution < -0.4 is 10.0 Å². The molecule has 7 heteroatoms. The maximum Gasteiger partial charge on any atom is 0.263 e. The van der Waals surface area contributed by atoms with Crippen molar-refractivity contribution in [1.29, 1.82) is 0 Å². The van der Waals surface area contributed by atoms with E-state index in [9.17, 15) is 8.42 Å². The minimum absolute atomic E-state index is 0.203. The van der Waals surface area contributed by atoms with Crippen molar-refractivity contribution < 1.29 is 12.9 Å². The number of nitrogens with one attached hydrogen (secondary N) is 2. The monoisotopic (exact) mass is 335 g/mol. The van der Waals surface area contributed by atoms with E-state index in [1.54, 1.807) is 18.2 Å². The Balaban J connectivity index is 1.86. The van der Waals surface area contributed by atoms with E-state index in [0.29, 0.717) is 5.76 Å². The lowest BCUT2D eigenvalue weighted by Crippen LogP contribution is -2.24. The summed E-state index contributed by atoms with van der Waals surface area (Å²) in [5.74, 6) is 0.834. The Labute approximate surface area is 136 Å². The molecule has 0 spiro atoms. The second-order valence-electron chi connectivity index (χ2n) is 6.79. The highest BCUT2D eigenvalue weighted by Crippen LogP contribution is 2.26. The van der Waals surface area contributed by atoms with Crippen molar-refractivity contribution in [3.8, 4) is 0 Å². The topological polar surface area (TPSA) is 84.2 Å². The van der Waals surface area contributed by atoms with Crippen molar-refractivity contribution >= 4 is 15.8 Å². The van der Waals surface area contributed by atoms with Crippen LogP contribution in [-0.2, 0) is 28.4 Å². The zero-order valence-electron chi connectivity index (χ0n) is 13.5. The van der Waals surface area contributed by atoms with Crippen molar-refractivity contribution in [3.63, 3.8) is 0 Å². The molecule has 23 heavy (non-hydrogen) atoms. The third-order valence-electron chi connectivity index (χ3n) is 3.86. The molecule has 1 aromatic heterocycles. The van der Waals surface area contributed by atoms with Gasteiger partial charge in [0.05, 0.1) is 4.90 Å². The number of hydrogen-bond acceptors (Lipinski definition) is 5. The van der Waals surface area contributed by atoms with Gasteiger partial charge in [0.25, 0.3) is 10.0 Å². The number of fused-ring (bicyclic) bond motifs is 1. The molecule has 0 amide bonds. The SMILES string of the molecule is CC(C)(C)c1cc(NS(=O)(=O)c2ccc3c(c2)CCNC3)no1. The average Bonchev–Trinajstić information content (AvgIpc) is 2.94. The van der Waals surface area contributed by atoms with Gasteiger partial charge in [0.15, 0.2) is 5.82 Å². The molecule has 1 aliphatic heterocycles. The molecular formula is C16H21N3O3S. The van der Waals surface area contributed by atoms with Gasteiger partial charge >= 0.3 is 0 Å². The van der Waals surface area contributed by atoms with Crippen LogP contribution in [-0.4, -0.2) is 20.1 Å². The summed E-state index contributed by atoms with van der Waals surface area (Å²) in [4.78, 5) is 0.249. The van der Waals surface area contributed by atoms with Crippen molar-refractivity contribution in [3.05, 3.63) is 41.2 Å². The summed E-state index contributed by atoms with van der Waals surface area (Å²) in [6.45, 7) is 7.57. The fourth-order valence-corrected chi connectivity index (χ4v) is 3.53. The third kappa shape index (κ3) is 3.40. The Kier molecular flexibility index (Phi) is 3.93. The first-order chi connectivity index (χ1) is 10.8. The molecule has 0 aliphatic carbocycles. The van der Waals surface area contributed by atoms with Crippen LogP contribution in [0, 0.1) is 0 Å². The summed E-state index contributed by atoms with van der Waals surface area (Å²) in [7, 11) is -3.67. The van der Waals surface area contributed by atoms with E-state index < -0.39 is 10.0 Å². The zero-order valence-corrected chi connectivity index (χ0v) is 14.3. The number of benzene rings is 1. The van der Waals surface area contributed by atoms with Crippen molar-refractivity contribution in [2.75, 3.05) is 11.3 Å². The van der Waals surface area contributed by atoms with E-state index in [1.807, 2.05) is 26.8 Å². The van der Waals surface area contributed by atoms with Crippen molar-refractivity contribution in [1.82, 2.24) is 10.5 Å². The highest BCUT2D eigenvalue weighted by atomic mass is 32.2. The number of rotatable bonds is 3. The molecule has 0 bridgehead atoms. The maximum absolute atomic E-state index is 12.5. The second-order valence-corrected chi connectivity index (χ2v) is 8.47. The molecule has 1 aromatic carbocycles. The number of hydrogen-bond donors (Lipinski definition) is 2. The Hall–Kier alpha value is -1.86. The molecule has 2 heterocycles. The van der Waals surface area contributed by atoms with Gasteiger partial charge in [-0.1, -0.05) is 32.0 Å². The minimum atomic E-state index is -3.67. The molecule has 3 rings (SSSR count). The van der Waals surface area contributed by atoms with Crippen LogP contribution in [0.4, 0.5) is 5.82 Å². The first kappa shape index (κ1) is 16.0. The smallest absolute Gasteiger partial charge is 0.263 e. The van der Waals surface area contributed by atoms with E-state index in [1.165, 1.54) is 0 Å².